The van der Waals surface area contributed by atoms with Crippen molar-refractivity contribution in [1.82, 2.24) is 10.2 Å². The van der Waals surface area contributed by atoms with Gasteiger partial charge in [-0.3, -0.25) is 9.69 Å². The Balaban J connectivity index is 1.48. The molecule has 0 atom stereocenters. The molecular formula is C19H22N2O. The Morgan fingerprint density at radius 2 is 1.82 bits per heavy atom. The first-order chi connectivity index (χ1) is 10.7. The van der Waals surface area contributed by atoms with E-state index >= 15 is 0 Å². The predicted molar refractivity (Wildman–Crippen MR) is 88.9 cm³/mol. The molecule has 1 N–H and O–H groups in total. The highest BCUT2D eigenvalue weighted by Gasteiger charge is 2.15. The standard InChI is InChI=1S/C19H22N2O/c1-15-6-8-17(9-7-15)19(22)20-11-13-21-12-10-16-4-2-3-5-18(16)14-21/h2-9H,10-14H2,1H3,(H,20,22). The van der Waals surface area contributed by atoms with E-state index in [1.165, 1.54) is 16.7 Å². The number of fused-ring (bicyclic) bond motifs is 1. The molecule has 0 saturated heterocycles. The Labute approximate surface area is 132 Å². The third-order valence-electron chi connectivity index (χ3n) is 4.24. The van der Waals surface area contributed by atoms with Gasteiger partial charge in [-0.2, -0.15) is 0 Å². The highest BCUT2D eigenvalue weighted by Crippen LogP contribution is 2.17. The fourth-order valence-electron chi connectivity index (χ4n) is 2.88. The largest absolute Gasteiger partial charge is 0.351 e. The van der Waals surface area contributed by atoms with Gasteiger partial charge < -0.3 is 5.32 Å². The Kier molecular flexibility index (Phi) is 4.54. The minimum Gasteiger partial charge on any atom is -0.351 e. The molecule has 3 rings (SSSR count). The number of nitrogens with zero attached hydrogens (tertiary/aromatic N) is 1. The van der Waals surface area contributed by atoms with Crippen LogP contribution >= 0.6 is 0 Å². The quantitative estimate of drug-likeness (QED) is 0.940. The molecule has 114 valence electrons. The maximum Gasteiger partial charge on any atom is 0.251 e. The molecule has 1 heterocycles. The van der Waals surface area contributed by atoms with Gasteiger partial charge in [-0.1, -0.05) is 42.0 Å². The van der Waals surface area contributed by atoms with E-state index < -0.39 is 0 Å². The van der Waals surface area contributed by atoms with E-state index in [2.05, 4.69) is 34.5 Å². The second kappa shape index (κ2) is 6.75. The average Bonchev–Trinajstić information content (AvgIpc) is 2.55. The number of nitrogens with one attached hydrogen (secondary N) is 1. The van der Waals surface area contributed by atoms with Gasteiger partial charge in [-0.05, 0) is 36.6 Å². The lowest BCUT2D eigenvalue weighted by molar-refractivity contribution is 0.0947. The second-order valence-corrected chi connectivity index (χ2v) is 5.92. The summed E-state index contributed by atoms with van der Waals surface area (Å²) in [6.07, 6.45) is 1.10. The number of rotatable bonds is 4. The number of aryl methyl sites for hydroxylation is 1. The zero-order valence-corrected chi connectivity index (χ0v) is 13.0. The topological polar surface area (TPSA) is 32.3 Å². The van der Waals surface area contributed by atoms with Gasteiger partial charge in [-0.25, -0.2) is 0 Å². The van der Waals surface area contributed by atoms with Crippen molar-refractivity contribution in [1.29, 1.82) is 0 Å². The molecule has 3 heteroatoms. The Bertz CT molecular complexity index is 649. The van der Waals surface area contributed by atoms with Crippen molar-refractivity contribution in [2.45, 2.75) is 19.9 Å². The fourth-order valence-corrected chi connectivity index (χ4v) is 2.88. The van der Waals surface area contributed by atoms with Crippen LogP contribution in [0.3, 0.4) is 0 Å². The monoisotopic (exact) mass is 294 g/mol. The van der Waals surface area contributed by atoms with Gasteiger partial charge in [-0.15, -0.1) is 0 Å². The number of benzene rings is 2. The van der Waals surface area contributed by atoms with E-state index in [9.17, 15) is 4.79 Å². The van der Waals surface area contributed by atoms with E-state index in [0.29, 0.717) is 6.54 Å². The Morgan fingerprint density at radius 1 is 1.09 bits per heavy atom. The summed E-state index contributed by atoms with van der Waals surface area (Å²) in [7, 11) is 0. The molecule has 22 heavy (non-hydrogen) atoms. The van der Waals surface area contributed by atoms with Crippen LogP contribution in [0, 0.1) is 6.92 Å². The molecule has 1 aliphatic rings. The summed E-state index contributed by atoms with van der Waals surface area (Å²) in [5, 5.41) is 3.01. The van der Waals surface area contributed by atoms with Crippen molar-refractivity contribution in [3.63, 3.8) is 0 Å². The van der Waals surface area contributed by atoms with Crippen LogP contribution in [0.4, 0.5) is 0 Å². The molecule has 0 saturated carbocycles. The molecule has 2 aromatic rings. The van der Waals surface area contributed by atoms with E-state index in [1.807, 2.05) is 31.2 Å². The van der Waals surface area contributed by atoms with Gasteiger partial charge in [0.1, 0.15) is 0 Å². The minimum atomic E-state index is 0.0115. The average molecular weight is 294 g/mol. The van der Waals surface area contributed by atoms with Crippen LogP contribution in [0.2, 0.25) is 0 Å². The summed E-state index contributed by atoms with van der Waals surface area (Å²) in [5.74, 6) is 0.0115. The summed E-state index contributed by atoms with van der Waals surface area (Å²) < 4.78 is 0. The maximum atomic E-state index is 12.1. The molecule has 0 bridgehead atoms. The molecule has 2 aromatic carbocycles. The molecule has 3 nitrogen and oxygen atoms in total. The first kappa shape index (κ1) is 14.8. The lowest BCUT2D eigenvalue weighted by atomic mass is 10.00. The van der Waals surface area contributed by atoms with Crippen molar-refractivity contribution in [3.05, 3.63) is 70.8 Å². The van der Waals surface area contributed by atoms with Crippen LogP contribution in [0.25, 0.3) is 0 Å². The fraction of sp³-hybridized carbons (Fsp3) is 0.316. The zero-order valence-electron chi connectivity index (χ0n) is 13.0. The maximum absolute atomic E-state index is 12.1. The normalized spacial score (nSPS) is 14.4. The first-order valence-corrected chi connectivity index (χ1v) is 7.86. The molecule has 0 radical (unpaired) electrons. The van der Waals surface area contributed by atoms with Crippen LogP contribution in [0.5, 0.6) is 0 Å². The molecule has 1 aliphatic heterocycles. The molecule has 0 aromatic heterocycles. The van der Waals surface area contributed by atoms with Gasteiger partial charge in [0.15, 0.2) is 0 Å². The minimum absolute atomic E-state index is 0.0115. The third-order valence-corrected chi connectivity index (χ3v) is 4.24. The van der Waals surface area contributed by atoms with Crippen LogP contribution < -0.4 is 5.32 Å². The van der Waals surface area contributed by atoms with Crippen molar-refractivity contribution < 1.29 is 4.79 Å². The van der Waals surface area contributed by atoms with Crippen molar-refractivity contribution >= 4 is 5.91 Å². The van der Waals surface area contributed by atoms with Crippen LogP contribution in [0.1, 0.15) is 27.0 Å². The first-order valence-electron chi connectivity index (χ1n) is 7.86. The van der Waals surface area contributed by atoms with Crippen molar-refractivity contribution in [2.75, 3.05) is 19.6 Å². The number of carbonyl (C=O) groups is 1. The summed E-state index contributed by atoms with van der Waals surface area (Å²) >= 11 is 0. The molecule has 0 aliphatic carbocycles. The highest BCUT2D eigenvalue weighted by molar-refractivity contribution is 5.94. The van der Waals surface area contributed by atoms with E-state index in [1.54, 1.807) is 0 Å². The summed E-state index contributed by atoms with van der Waals surface area (Å²) in [6, 6.07) is 16.3. The summed E-state index contributed by atoms with van der Waals surface area (Å²) in [5.41, 5.74) is 4.78. The lowest BCUT2D eigenvalue weighted by Crippen LogP contribution is -2.37. The molecule has 0 spiro atoms. The van der Waals surface area contributed by atoms with Gasteiger partial charge >= 0.3 is 0 Å². The van der Waals surface area contributed by atoms with Crippen molar-refractivity contribution in [2.24, 2.45) is 0 Å². The van der Waals surface area contributed by atoms with Gasteiger partial charge in [0.05, 0.1) is 0 Å². The molecule has 1 amide bonds. The van der Waals surface area contributed by atoms with Crippen molar-refractivity contribution in [3.8, 4) is 0 Å². The Morgan fingerprint density at radius 3 is 2.59 bits per heavy atom. The van der Waals surface area contributed by atoms with E-state index in [-0.39, 0.29) is 5.91 Å². The predicted octanol–water partition coefficient (Wildman–Crippen LogP) is 2.78. The second-order valence-electron chi connectivity index (χ2n) is 5.92. The number of hydrogen-bond donors (Lipinski definition) is 1. The highest BCUT2D eigenvalue weighted by atomic mass is 16.1. The zero-order chi connectivity index (χ0) is 15.4. The van der Waals surface area contributed by atoms with Gasteiger partial charge in [0, 0.05) is 31.7 Å². The van der Waals surface area contributed by atoms with Gasteiger partial charge in [0.2, 0.25) is 0 Å². The van der Waals surface area contributed by atoms with Crippen LogP contribution in [-0.2, 0) is 13.0 Å². The number of carbonyl (C=O) groups excluding carboxylic acids is 1. The third kappa shape index (κ3) is 3.55. The smallest absolute Gasteiger partial charge is 0.251 e. The lowest BCUT2D eigenvalue weighted by Gasteiger charge is -2.28. The SMILES string of the molecule is Cc1ccc(C(=O)NCCN2CCc3ccccc3C2)cc1. The van der Waals surface area contributed by atoms with Gasteiger partial charge in [0.25, 0.3) is 5.91 Å². The Hall–Kier alpha value is -2.13. The van der Waals surface area contributed by atoms with Crippen LogP contribution in [0.15, 0.2) is 48.5 Å². The summed E-state index contributed by atoms with van der Waals surface area (Å²) in [4.78, 5) is 14.5. The number of amides is 1. The molecule has 0 unspecified atom stereocenters. The summed E-state index contributed by atoms with van der Waals surface area (Å²) in [6.45, 7) is 5.66. The molecule has 0 fully saturated rings. The molecular weight excluding hydrogens is 272 g/mol. The van der Waals surface area contributed by atoms with E-state index in [0.717, 1.165) is 31.6 Å². The van der Waals surface area contributed by atoms with Crippen LogP contribution in [-0.4, -0.2) is 30.4 Å². The van der Waals surface area contributed by atoms with E-state index in [4.69, 9.17) is 0 Å². The number of hydrogen-bond acceptors (Lipinski definition) is 2.